The number of carbonyl (C=O) groups excluding carboxylic acids is 2. The predicted octanol–water partition coefficient (Wildman–Crippen LogP) is 3.08. The average Bonchev–Trinajstić information content (AvgIpc) is 2.66. The molecule has 2 aromatic carbocycles. The summed E-state index contributed by atoms with van der Waals surface area (Å²) in [5.74, 6) is 0.0590. The summed E-state index contributed by atoms with van der Waals surface area (Å²) in [6.45, 7) is 3.09. The van der Waals surface area contributed by atoms with Crippen molar-refractivity contribution in [2.45, 2.75) is 32.4 Å². The number of amides is 3. The molecule has 1 heterocycles. The maximum Gasteiger partial charge on any atom is 0.317 e. The largest absolute Gasteiger partial charge is 0.354 e. The van der Waals surface area contributed by atoms with Crippen molar-refractivity contribution < 1.29 is 9.59 Å². The van der Waals surface area contributed by atoms with Gasteiger partial charge in [0.05, 0.1) is 6.04 Å². The Kier molecular flexibility index (Phi) is 5.56. The van der Waals surface area contributed by atoms with Crippen LogP contribution < -0.4 is 10.6 Å². The fourth-order valence-electron chi connectivity index (χ4n) is 3.16. The van der Waals surface area contributed by atoms with E-state index in [0.29, 0.717) is 25.9 Å². The molecule has 0 aliphatic carbocycles. The van der Waals surface area contributed by atoms with Crippen LogP contribution >= 0.6 is 0 Å². The Balaban J connectivity index is 1.54. The zero-order chi connectivity index (χ0) is 18.5. The fraction of sp³-hybridized carbons (Fsp3) is 0.333. The molecule has 1 aliphatic heterocycles. The van der Waals surface area contributed by atoms with Crippen LogP contribution in [0.5, 0.6) is 0 Å². The average molecular weight is 351 g/mol. The van der Waals surface area contributed by atoms with E-state index in [1.807, 2.05) is 12.1 Å². The van der Waals surface area contributed by atoms with Crippen molar-refractivity contribution in [1.29, 1.82) is 0 Å². The molecule has 1 atom stereocenters. The Morgan fingerprint density at radius 1 is 1.19 bits per heavy atom. The van der Waals surface area contributed by atoms with Crippen molar-refractivity contribution in [3.63, 3.8) is 0 Å². The highest BCUT2D eigenvalue weighted by atomic mass is 16.2. The van der Waals surface area contributed by atoms with Crippen LogP contribution in [0, 0.1) is 6.92 Å². The fourth-order valence-corrected chi connectivity index (χ4v) is 3.16. The van der Waals surface area contributed by atoms with Gasteiger partial charge in [-0.05, 0) is 30.0 Å². The van der Waals surface area contributed by atoms with E-state index in [2.05, 4.69) is 54.0 Å². The number of likely N-dealkylation sites (N-methyl/N-ethyl adjacent to an activating group) is 1. The lowest BCUT2D eigenvalue weighted by Gasteiger charge is -2.31. The minimum absolute atomic E-state index is 0.0522. The molecule has 5 nitrogen and oxygen atoms in total. The van der Waals surface area contributed by atoms with Gasteiger partial charge in [0, 0.05) is 26.6 Å². The molecule has 1 unspecified atom stereocenters. The first-order valence-electron chi connectivity index (χ1n) is 8.96. The Labute approximate surface area is 154 Å². The number of piperidine rings is 1. The molecule has 3 amide bonds. The molecule has 5 heteroatoms. The van der Waals surface area contributed by atoms with Gasteiger partial charge in [-0.2, -0.15) is 0 Å². The van der Waals surface area contributed by atoms with Gasteiger partial charge in [0.25, 0.3) is 0 Å². The zero-order valence-electron chi connectivity index (χ0n) is 15.3. The summed E-state index contributed by atoms with van der Waals surface area (Å²) in [5.41, 5.74) is 4.65. The second kappa shape index (κ2) is 8.04. The molecule has 3 rings (SSSR count). The van der Waals surface area contributed by atoms with Gasteiger partial charge in [-0.1, -0.05) is 54.1 Å². The van der Waals surface area contributed by atoms with Crippen LogP contribution in [0.25, 0.3) is 11.1 Å². The summed E-state index contributed by atoms with van der Waals surface area (Å²) < 4.78 is 0. The van der Waals surface area contributed by atoms with Crippen molar-refractivity contribution in [1.82, 2.24) is 15.5 Å². The highest BCUT2D eigenvalue weighted by Crippen LogP contribution is 2.20. The molecule has 0 radical (unpaired) electrons. The predicted molar refractivity (Wildman–Crippen MR) is 103 cm³/mol. The SMILES string of the molecule is Cc1cccc(-c2ccc(CNC(=O)N(C)C3CCC(=O)NC3)cc2)c1. The van der Waals surface area contributed by atoms with Gasteiger partial charge in [0.2, 0.25) is 5.91 Å². The van der Waals surface area contributed by atoms with Crippen LogP contribution in [0.4, 0.5) is 4.79 Å². The smallest absolute Gasteiger partial charge is 0.317 e. The minimum Gasteiger partial charge on any atom is -0.354 e. The van der Waals surface area contributed by atoms with Gasteiger partial charge in [-0.15, -0.1) is 0 Å². The molecule has 0 aromatic heterocycles. The standard InChI is InChI=1S/C21H25N3O2/c1-15-4-3-5-18(12-15)17-8-6-16(7-9-17)13-23-21(26)24(2)19-10-11-20(25)22-14-19/h3-9,12,19H,10-11,13-14H2,1-2H3,(H,22,25)(H,23,26). The maximum absolute atomic E-state index is 12.3. The van der Waals surface area contributed by atoms with Crippen LogP contribution in [-0.4, -0.2) is 36.5 Å². The number of benzene rings is 2. The molecular weight excluding hydrogens is 326 g/mol. The second-order valence-electron chi connectivity index (χ2n) is 6.83. The Morgan fingerprint density at radius 2 is 1.96 bits per heavy atom. The summed E-state index contributed by atoms with van der Waals surface area (Å²) in [4.78, 5) is 25.2. The number of hydrogen-bond acceptors (Lipinski definition) is 2. The zero-order valence-corrected chi connectivity index (χ0v) is 15.3. The topological polar surface area (TPSA) is 61.4 Å². The van der Waals surface area contributed by atoms with Crippen molar-refractivity contribution in [2.24, 2.45) is 0 Å². The molecule has 1 saturated heterocycles. The van der Waals surface area contributed by atoms with Gasteiger partial charge in [0.1, 0.15) is 0 Å². The number of hydrogen-bond donors (Lipinski definition) is 2. The summed E-state index contributed by atoms with van der Waals surface area (Å²) in [7, 11) is 1.78. The first-order chi connectivity index (χ1) is 12.5. The summed E-state index contributed by atoms with van der Waals surface area (Å²) in [5, 5.41) is 5.76. The van der Waals surface area contributed by atoms with E-state index in [4.69, 9.17) is 0 Å². The number of urea groups is 1. The number of nitrogens with zero attached hydrogens (tertiary/aromatic N) is 1. The Hall–Kier alpha value is -2.82. The minimum atomic E-state index is -0.117. The van der Waals surface area contributed by atoms with Crippen molar-refractivity contribution in [3.8, 4) is 11.1 Å². The van der Waals surface area contributed by atoms with Gasteiger partial charge < -0.3 is 15.5 Å². The molecule has 1 fully saturated rings. The molecule has 2 N–H and O–H groups in total. The van der Waals surface area contributed by atoms with E-state index in [1.54, 1.807) is 11.9 Å². The summed E-state index contributed by atoms with van der Waals surface area (Å²) in [6.07, 6.45) is 1.18. The van der Waals surface area contributed by atoms with Gasteiger partial charge >= 0.3 is 6.03 Å². The number of nitrogens with one attached hydrogen (secondary N) is 2. The van der Waals surface area contributed by atoms with E-state index in [9.17, 15) is 9.59 Å². The van der Waals surface area contributed by atoms with E-state index >= 15 is 0 Å². The molecule has 26 heavy (non-hydrogen) atoms. The van der Waals surface area contributed by atoms with E-state index in [-0.39, 0.29) is 18.0 Å². The van der Waals surface area contributed by atoms with Crippen molar-refractivity contribution in [2.75, 3.05) is 13.6 Å². The maximum atomic E-state index is 12.3. The second-order valence-corrected chi connectivity index (χ2v) is 6.83. The highest BCUT2D eigenvalue weighted by Gasteiger charge is 2.24. The van der Waals surface area contributed by atoms with Crippen LogP contribution in [0.1, 0.15) is 24.0 Å². The molecule has 0 saturated carbocycles. The lowest BCUT2D eigenvalue weighted by molar-refractivity contribution is -0.123. The molecule has 0 bridgehead atoms. The quantitative estimate of drug-likeness (QED) is 0.889. The first-order valence-corrected chi connectivity index (χ1v) is 8.96. The van der Waals surface area contributed by atoms with Crippen molar-refractivity contribution in [3.05, 3.63) is 59.7 Å². The third kappa shape index (κ3) is 4.42. The van der Waals surface area contributed by atoms with Gasteiger partial charge in [-0.25, -0.2) is 4.79 Å². The summed E-state index contributed by atoms with van der Waals surface area (Å²) >= 11 is 0. The van der Waals surface area contributed by atoms with Crippen LogP contribution in [-0.2, 0) is 11.3 Å². The van der Waals surface area contributed by atoms with Crippen LogP contribution in [0.2, 0.25) is 0 Å². The molecular formula is C21H25N3O2. The third-order valence-corrected chi connectivity index (χ3v) is 4.86. The lowest BCUT2D eigenvalue weighted by atomic mass is 10.0. The Bertz CT molecular complexity index is 776. The van der Waals surface area contributed by atoms with Gasteiger partial charge in [-0.3, -0.25) is 4.79 Å². The normalized spacial score (nSPS) is 16.7. The molecule has 1 aliphatic rings. The number of rotatable bonds is 4. The lowest BCUT2D eigenvalue weighted by Crippen LogP contribution is -2.51. The van der Waals surface area contributed by atoms with Crippen LogP contribution in [0.3, 0.4) is 0 Å². The van der Waals surface area contributed by atoms with E-state index < -0.39 is 0 Å². The third-order valence-electron chi connectivity index (χ3n) is 4.86. The molecule has 0 spiro atoms. The van der Waals surface area contributed by atoms with Gasteiger partial charge in [0.15, 0.2) is 0 Å². The van der Waals surface area contributed by atoms with E-state index in [0.717, 1.165) is 5.56 Å². The van der Waals surface area contributed by atoms with Crippen LogP contribution in [0.15, 0.2) is 48.5 Å². The first kappa shape index (κ1) is 18.0. The highest BCUT2D eigenvalue weighted by molar-refractivity contribution is 5.78. The van der Waals surface area contributed by atoms with Crippen molar-refractivity contribution >= 4 is 11.9 Å². The Morgan fingerprint density at radius 3 is 2.62 bits per heavy atom. The van der Waals surface area contributed by atoms with E-state index in [1.165, 1.54) is 16.7 Å². The monoisotopic (exact) mass is 351 g/mol. The number of carbonyl (C=O) groups is 2. The molecule has 136 valence electrons. The number of aryl methyl sites for hydroxylation is 1. The molecule has 2 aromatic rings. The summed E-state index contributed by atoms with van der Waals surface area (Å²) in [6, 6.07) is 16.6.